The number of aromatic nitrogens is 2. The lowest BCUT2D eigenvalue weighted by Crippen LogP contribution is -2.43. The molecule has 0 bridgehead atoms. The molecule has 4 aromatic carbocycles. The molecule has 13 nitrogen and oxygen atoms in total. The Balaban J connectivity index is 1.42. The number of benzene rings is 4. The molecule has 308 valence electrons. The maximum Gasteiger partial charge on any atom is 0.323 e. The molecule has 0 aliphatic rings. The SMILES string of the molecule is CCOC(=O)[C@H](C)NP(=O)(CCNC(=O)c1c2cccnc2c(OC(c2ccccc2)c2ccccc2)c2c(O)n(Cc3ccc(F)cc3)cc12)N[C@@H](C)C(=O)OCC. The summed E-state index contributed by atoms with van der Waals surface area (Å²) in [7, 11) is -3.78. The molecule has 1 amide bonds. The minimum absolute atomic E-state index is 0.110. The first-order chi connectivity index (χ1) is 28.4. The number of fused-ring (bicyclic) bond motifs is 2. The van der Waals surface area contributed by atoms with Gasteiger partial charge in [0.05, 0.1) is 30.7 Å². The normalized spacial score (nSPS) is 12.6. The van der Waals surface area contributed by atoms with Crippen molar-refractivity contribution in [2.24, 2.45) is 0 Å². The van der Waals surface area contributed by atoms with Gasteiger partial charge in [-0.1, -0.05) is 78.9 Å². The van der Waals surface area contributed by atoms with Gasteiger partial charge in [0.2, 0.25) is 13.3 Å². The van der Waals surface area contributed by atoms with Gasteiger partial charge in [-0.25, -0.2) is 14.6 Å². The van der Waals surface area contributed by atoms with Gasteiger partial charge in [0.1, 0.15) is 29.5 Å². The van der Waals surface area contributed by atoms with Gasteiger partial charge in [-0.05, 0) is 62.6 Å². The van der Waals surface area contributed by atoms with E-state index in [1.165, 1.54) is 26.0 Å². The minimum atomic E-state index is -3.78. The van der Waals surface area contributed by atoms with Crippen molar-refractivity contribution in [3.63, 3.8) is 0 Å². The Morgan fingerprint density at radius 3 is 1.95 bits per heavy atom. The maximum atomic E-state index is 14.5. The van der Waals surface area contributed by atoms with Crippen LogP contribution < -0.4 is 20.2 Å². The summed E-state index contributed by atoms with van der Waals surface area (Å²) in [5.74, 6) is -2.24. The molecule has 2 heterocycles. The van der Waals surface area contributed by atoms with Crippen molar-refractivity contribution >= 4 is 47.0 Å². The molecular weight excluding hydrogens is 776 g/mol. The van der Waals surface area contributed by atoms with Crippen LogP contribution in [0.4, 0.5) is 4.39 Å². The average Bonchev–Trinajstić information content (AvgIpc) is 3.55. The first kappa shape index (κ1) is 42.5. The fraction of sp³-hybridized carbons (Fsp3) is 0.273. The average molecular weight is 824 g/mol. The third kappa shape index (κ3) is 9.97. The van der Waals surface area contributed by atoms with Crippen LogP contribution in [-0.4, -0.2) is 70.5 Å². The number of ether oxygens (including phenoxy) is 3. The number of aromatic hydroxyl groups is 1. The topological polar surface area (TPSA) is 170 Å². The number of carbonyl (C=O) groups is 3. The molecule has 2 atom stereocenters. The fourth-order valence-corrected chi connectivity index (χ4v) is 9.05. The number of nitrogens with one attached hydrogen (secondary N) is 3. The van der Waals surface area contributed by atoms with Gasteiger partial charge in [-0.15, -0.1) is 0 Å². The van der Waals surface area contributed by atoms with E-state index in [0.717, 1.165) is 11.1 Å². The molecule has 0 radical (unpaired) electrons. The number of rotatable bonds is 18. The van der Waals surface area contributed by atoms with Crippen LogP contribution in [0.3, 0.4) is 0 Å². The third-order valence-electron chi connectivity index (χ3n) is 9.57. The number of pyridine rings is 1. The van der Waals surface area contributed by atoms with Crippen LogP contribution in [0.5, 0.6) is 11.6 Å². The number of carbonyl (C=O) groups excluding carboxylic acids is 3. The second kappa shape index (κ2) is 19.1. The number of hydrogen-bond donors (Lipinski definition) is 4. The van der Waals surface area contributed by atoms with E-state index < -0.39 is 49.3 Å². The van der Waals surface area contributed by atoms with E-state index in [1.807, 2.05) is 60.7 Å². The first-order valence-electron chi connectivity index (χ1n) is 19.3. The molecule has 59 heavy (non-hydrogen) atoms. The van der Waals surface area contributed by atoms with Crippen molar-refractivity contribution in [3.8, 4) is 11.6 Å². The fourth-order valence-electron chi connectivity index (χ4n) is 6.83. The molecule has 0 saturated carbocycles. The van der Waals surface area contributed by atoms with Crippen LogP contribution in [0.1, 0.15) is 60.8 Å². The highest BCUT2D eigenvalue weighted by Crippen LogP contribution is 2.46. The predicted molar refractivity (Wildman–Crippen MR) is 223 cm³/mol. The lowest BCUT2D eigenvalue weighted by molar-refractivity contribution is -0.145. The molecule has 0 unspecified atom stereocenters. The molecule has 0 saturated heterocycles. The zero-order valence-corrected chi connectivity index (χ0v) is 34.1. The molecule has 15 heteroatoms. The van der Waals surface area contributed by atoms with Gasteiger partial charge in [-0.3, -0.25) is 23.9 Å². The van der Waals surface area contributed by atoms with Crippen LogP contribution in [0.25, 0.3) is 21.7 Å². The van der Waals surface area contributed by atoms with E-state index in [1.54, 1.807) is 55.1 Å². The number of esters is 2. The number of amides is 1. The Hall–Kier alpha value is -6.08. The lowest BCUT2D eigenvalue weighted by Gasteiger charge is -2.26. The lowest BCUT2D eigenvalue weighted by atomic mass is 9.99. The summed E-state index contributed by atoms with van der Waals surface area (Å²) in [6.45, 7) is 6.46. The first-order valence-corrected chi connectivity index (χ1v) is 21.2. The Morgan fingerprint density at radius 2 is 1.39 bits per heavy atom. The summed E-state index contributed by atoms with van der Waals surface area (Å²) in [5.41, 5.74) is 2.83. The molecule has 4 N–H and O–H groups in total. The van der Waals surface area contributed by atoms with E-state index in [0.29, 0.717) is 21.9 Å². The number of halogens is 1. The van der Waals surface area contributed by atoms with E-state index in [-0.39, 0.29) is 55.0 Å². The van der Waals surface area contributed by atoms with Crippen molar-refractivity contribution in [2.75, 3.05) is 25.9 Å². The maximum absolute atomic E-state index is 14.5. The summed E-state index contributed by atoms with van der Waals surface area (Å²) >= 11 is 0. The molecular formula is C44H47FN5O8P. The van der Waals surface area contributed by atoms with Crippen molar-refractivity contribution in [1.82, 2.24) is 25.0 Å². The highest BCUT2D eigenvalue weighted by Gasteiger charge is 2.33. The van der Waals surface area contributed by atoms with E-state index in [9.17, 15) is 28.4 Å². The van der Waals surface area contributed by atoms with Gasteiger partial charge < -0.3 is 29.2 Å². The van der Waals surface area contributed by atoms with Crippen LogP contribution in [-0.2, 0) is 30.2 Å². The molecule has 0 aliphatic heterocycles. The van der Waals surface area contributed by atoms with Gasteiger partial charge >= 0.3 is 11.9 Å². The van der Waals surface area contributed by atoms with Crippen LogP contribution in [0.2, 0.25) is 0 Å². The van der Waals surface area contributed by atoms with Crippen molar-refractivity contribution in [2.45, 2.75) is 52.4 Å². The standard InChI is InChI=1S/C44H47FN5O8P/c1-5-56-43(53)28(3)48-59(55,49-29(4)44(54)57-6-2)25-24-47-41(51)36-34-18-13-23-46-38(34)40(58-39(31-14-9-7-10-15-31)32-16-11-8-12-17-32)37-35(36)27-50(42(37)52)26-30-19-21-33(45)22-20-30/h7-23,27-29,39,52H,5-6,24-26H2,1-4H3,(H,47,51)(H2,48,49,55)/t28-,29-/m0/s1. The van der Waals surface area contributed by atoms with E-state index in [4.69, 9.17) is 14.2 Å². The smallest absolute Gasteiger partial charge is 0.323 e. The Kier molecular flexibility index (Phi) is 13.8. The third-order valence-corrected chi connectivity index (χ3v) is 12.0. The van der Waals surface area contributed by atoms with Crippen LogP contribution in [0.15, 0.2) is 109 Å². The quantitative estimate of drug-likeness (QED) is 0.0509. The van der Waals surface area contributed by atoms with E-state index >= 15 is 0 Å². The molecule has 0 aliphatic carbocycles. The molecule has 2 aromatic heterocycles. The second-order valence-electron chi connectivity index (χ2n) is 13.8. The highest BCUT2D eigenvalue weighted by molar-refractivity contribution is 7.60. The summed E-state index contributed by atoms with van der Waals surface area (Å²) in [4.78, 5) is 44.2. The zero-order valence-electron chi connectivity index (χ0n) is 33.2. The Morgan fingerprint density at radius 1 is 0.814 bits per heavy atom. The van der Waals surface area contributed by atoms with Crippen molar-refractivity contribution in [3.05, 3.63) is 138 Å². The monoisotopic (exact) mass is 823 g/mol. The van der Waals surface area contributed by atoms with E-state index in [2.05, 4.69) is 20.5 Å². The van der Waals surface area contributed by atoms with Crippen molar-refractivity contribution < 1.29 is 42.7 Å². The van der Waals surface area contributed by atoms with Gasteiger partial charge in [0.25, 0.3) is 5.91 Å². The van der Waals surface area contributed by atoms with Gasteiger partial charge in [0, 0.05) is 35.9 Å². The second-order valence-corrected chi connectivity index (χ2v) is 16.3. The number of hydrogen-bond acceptors (Lipinski definition) is 9. The van der Waals surface area contributed by atoms with Crippen molar-refractivity contribution in [1.29, 1.82) is 0 Å². The Bertz CT molecular complexity index is 2400. The summed E-state index contributed by atoms with van der Waals surface area (Å²) < 4.78 is 46.9. The van der Waals surface area contributed by atoms with Crippen LogP contribution in [0, 0.1) is 5.82 Å². The minimum Gasteiger partial charge on any atom is -0.494 e. The van der Waals surface area contributed by atoms with Gasteiger partial charge in [0.15, 0.2) is 5.75 Å². The predicted octanol–water partition coefficient (Wildman–Crippen LogP) is 7.26. The summed E-state index contributed by atoms with van der Waals surface area (Å²) in [6.07, 6.45) is 2.34. The largest absolute Gasteiger partial charge is 0.494 e. The highest BCUT2D eigenvalue weighted by atomic mass is 31.2. The molecule has 0 fully saturated rings. The Labute approximate surface area is 341 Å². The summed E-state index contributed by atoms with van der Waals surface area (Å²) in [6, 6.07) is 26.5. The van der Waals surface area contributed by atoms with Gasteiger partial charge in [-0.2, -0.15) is 0 Å². The van der Waals surface area contributed by atoms with Crippen LogP contribution >= 0.6 is 7.44 Å². The summed E-state index contributed by atoms with van der Waals surface area (Å²) in [5, 5.41) is 21.5. The molecule has 6 aromatic rings. The molecule has 6 rings (SSSR count). The zero-order chi connectivity index (χ0) is 42.1. The molecule has 0 spiro atoms. The number of nitrogens with zero attached hydrogens (tertiary/aromatic N) is 2.